The van der Waals surface area contributed by atoms with Crippen LogP contribution in [0.5, 0.6) is 5.88 Å². The van der Waals surface area contributed by atoms with Gasteiger partial charge in [0.25, 0.3) is 5.56 Å². The predicted molar refractivity (Wildman–Crippen MR) is 89.9 cm³/mol. The monoisotopic (exact) mass is 343 g/mol. The van der Waals surface area contributed by atoms with E-state index < -0.39 is 29.1 Å². The topological polar surface area (TPSA) is 125 Å². The first-order valence-corrected chi connectivity index (χ1v) is 8.62. The molecule has 0 spiro atoms. The maximum atomic E-state index is 11.8. The van der Waals surface area contributed by atoms with Crippen molar-refractivity contribution in [2.24, 2.45) is 4.99 Å². The summed E-state index contributed by atoms with van der Waals surface area (Å²) in [6.07, 6.45) is 4.64. The molecule has 0 aliphatic carbocycles. The standard InChI is InChI=1S/C14H21N3O5S/c1-3-4-6-17-12(19)9(11(18)16-14(17)22)8-15-10(13(20)21)5-7-23-2/h8,10,19H,3-7H2,1-2H3,(H,20,21)(H,16,18,22)/t10-/m0/s1. The number of hydrogen-bond donors (Lipinski definition) is 3. The predicted octanol–water partition coefficient (Wildman–Crippen LogP) is 0.667. The van der Waals surface area contributed by atoms with Gasteiger partial charge in [0.1, 0.15) is 11.6 Å². The molecular formula is C14H21N3O5S. The van der Waals surface area contributed by atoms with Gasteiger partial charge in [-0.1, -0.05) is 13.3 Å². The van der Waals surface area contributed by atoms with Crippen molar-refractivity contribution >= 4 is 23.9 Å². The Morgan fingerprint density at radius 1 is 1.48 bits per heavy atom. The summed E-state index contributed by atoms with van der Waals surface area (Å²) in [7, 11) is 0. The third kappa shape index (κ3) is 5.27. The third-order valence-electron chi connectivity index (χ3n) is 3.21. The quantitative estimate of drug-likeness (QED) is 0.566. The molecule has 23 heavy (non-hydrogen) atoms. The van der Waals surface area contributed by atoms with Gasteiger partial charge in [-0.25, -0.2) is 9.59 Å². The Morgan fingerprint density at radius 3 is 2.74 bits per heavy atom. The molecule has 0 amide bonds. The minimum absolute atomic E-state index is 0.212. The number of aromatic nitrogens is 2. The van der Waals surface area contributed by atoms with Crippen LogP contribution in [0.1, 0.15) is 31.7 Å². The van der Waals surface area contributed by atoms with E-state index in [4.69, 9.17) is 5.11 Å². The van der Waals surface area contributed by atoms with Crippen LogP contribution in [0.3, 0.4) is 0 Å². The molecule has 1 aromatic heterocycles. The van der Waals surface area contributed by atoms with Gasteiger partial charge in [0.05, 0.1) is 0 Å². The van der Waals surface area contributed by atoms with Gasteiger partial charge < -0.3 is 10.2 Å². The van der Waals surface area contributed by atoms with E-state index in [1.807, 2.05) is 13.2 Å². The summed E-state index contributed by atoms with van der Waals surface area (Å²) in [6.45, 7) is 2.19. The zero-order valence-electron chi connectivity index (χ0n) is 13.1. The van der Waals surface area contributed by atoms with E-state index in [0.717, 1.165) is 17.2 Å². The highest BCUT2D eigenvalue weighted by atomic mass is 32.2. The summed E-state index contributed by atoms with van der Waals surface area (Å²) in [6, 6.07) is -1.00. The van der Waals surface area contributed by atoms with Crippen LogP contribution in [-0.2, 0) is 11.3 Å². The van der Waals surface area contributed by atoms with Crippen molar-refractivity contribution in [2.45, 2.75) is 38.8 Å². The van der Waals surface area contributed by atoms with E-state index in [2.05, 4.69) is 9.98 Å². The van der Waals surface area contributed by atoms with Crippen LogP contribution in [-0.4, -0.2) is 50.0 Å². The second-order valence-corrected chi connectivity index (χ2v) is 5.90. The normalized spacial score (nSPS) is 12.6. The molecule has 128 valence electrons. The number of H-pyrrole nitrogens is 1. The molecular weight excluding hydrogens is 322 g/mol. The lowest BCUT2D eigenvalue weighted by atomic mass is 10.2. The van der Waals surface area contributed by atoms with E-state index in [-0.39, 0.29) is 12.1 Å². The highest BCUT2D eigenvalue weighted by Gasteiger charge is 2.17. The van der Waals surface area contributed by atoms with Crippen molar-refractivity contribution in [1.82, 2.24) is 9.55 Å². The Kier molecular flexibility index (Phi) is 7.60. The van der Waals surface area contributed by atoms with Gasteiger partial charge >= 0.3 is 11.7 Å². The fraction of sp³-hybridized carbons (Fsp3) is 0.571. The number of unbranched alkanes of at least 4 members (excludes halogenated alkanes) is 1. The molecule has 0 saturated carbocycles. The molecule has 3 N–H and O–H groups in total. The van der Waals surface area contributed by atoms with E-state index in [1.54, 1.807) is 0 Å². The van der Waals surface area contributed by atoms with Gasteiger partial charge in [-0.05, 0) is 24.9 Å². The summed E-state index contributed by atoms with van der Waals surface area (Å²) in [5.74, 6) is -0.998. The first-order chi connectivity index (χ1) is 10.9. The fourth-order valence-electron chi connectivity index (χ4n) is 1.87. The summed E-state index contributed by atoms with van der Waals surface area (Å²) in [4.78, 5) is 40.6. The van der Waals surface area contributed by atoms with Crippen LogP contribution >= 0.6 is 11.8 Å². The summed E-state index contributed by atoms with van der Waals surface area (Å²) in [5, 5.41) is 19.2. The zero-order valence-corrected chi connectivity index (χ0v) is 13.9. The summed E-state index contributed by atoms with van der Waals surface area (Å²) < 4.78 is 1.05. The number of aliphatic carboxylic acids is 1. The molecule has 0 bridgehead atoms. The minimum Gasteiger partial charge on any atom is -0.494 e. The molecule has 1 aromatic rings. The molecule has 1 atom stereocenters. The maximum Gasteiger partial charge on any atom is 0.331 e. The van der Waals surface area contributed by atoms with Crippen LogP contribution < -0.4 is 11.2 Å². The smallest absolute Gasteiger partial charge is 0.331 e. The van der Waals surface area contributed by atoms with E-state index >= 15 is 0 Å². The molecule has 0 aromatic carbocycles. The Bertz CT molecular complexity index is 680. The van der Waals surface area contributed by atoms with Crippen molar-refractivity contribution in [2.75, 3.05) is 12.0 Å². The van der Waals surface area contributed by atoms with E-state index in [1.165, 1.54) is 11.8 Å². The Balaban J connectivity index is 3.16. The lowest BCUT2D eigenvalue weighted by Gasteiger charge is -2.09. The molecule has 0 fully saturated rings. The molecule has 0 aliphatic heterocycles. The number of carbonyl (C=O) groups is 1. The molecule has 8 nitrogen and oxygen atoms in total. The van der Waals surface area contributed by atoms with Crippen molar-refractivity contribution < 1.29 is 15.0 Å². The van der Waals surface area contributed by atoms with Gasteiger partial charge in [-0.3, -0.25) is 19.3 Å². The average molecular weight is 343 g/mol. The van der Waals surface area contributed by atoms with Gasteiger partial charge in [0, 0.05) is 12.8 Å². The van der Waals surface area contributed by atoms with E-state index in [9.17, 15) is 19.5 Å². The van der Waals surface area contributed by atoms with Crippen LogP contribution in [0.4, 0.5) is 0 Å². The number of hydrogen-bond acceptors (Lipinski definition) is 6. The van der Waals surface area contributed by atoms with Crippen LogP contribution in [0.15, 0.2) is 14.6 Å². The lowest BCUT2D eigenvalue weighted by Crippen LogP contribution is -2.32. The van der Waals surface area contributed by atoms with Crippen LogP contribution in [0, 0.1) is 0 Å². The fourth-order valence-corrected chi connectivity index (χ4v) is 2.33. The lowest BCUT2D eigenvalue weighted by molar-refractivity contribution is -0.138. The van der Waals surface area contributed by atoms with Crippen molar-refractivity contribution in [1.29, 1.82) is 0 Å². The highest BCUT2D eigenvalue weighted by molar-refractivity contribution is 7.98. The Labute approximate surface area is 137 Å². The molecule has 0 aliphatic rings. The number of nitrogens with zero attached hydrogens (tertiary/aromatic N) is 2. The molecule has 1 heterocycles. The number of carboxylic acids is 1. The number of aliphatic imine (C=N–C) groups is 1. The summed E-state index contributed by atoms with van der Waals surface area (Å²) >= 11 is 1.49. The van der Waals surface area contributed by atoms with Crippen molar-refractivity contribution in [3.05, 3.63) is 26.4 Å². The number of carboxylic acid groups (broad SMARTS) is 1. The molecule has 0 unspecified atom stereocenters. The van der Waals surface area contributed by atoms with Gasteiger partial charge in [0.15, 0.2) is 0 Å². The van der Waals surface area contributed by atoms with Gasteiger partial charge in [-0.2, -0.15) is 11.8 Å². The van der Waals surface area contributed by atoms with E-state index in [0.29, 0.717) is 18.6 Å². The highest BCUT2D eigenvalue weighted by Crippen LogP contribution is 2.10. The first-order valence-electron chi connectivity index (χ1n) is 7.23. The van der Waals surface area contributed by atoms with Crippen LogP contribution in [0.25, 0.3) is 0 Å². The summed E-state index contributed by atoms with van der Waals surface area (Å²) in [5.41, 5.74) is -1.70. The average Bonchev–Trinajstić information content (AvgIpc) is 2.49. The number of nitrogens with one attached hydrogen (secondary N) is 1. The zero-order chi connectivity index (χ0) is 17.4. The number of aromatic hydroxyl groups is 1. The Hall–Kier alpha value is -2.03. The molecule has 0 radical (unpaired) electrons. The number of aromatic amines is 1. The second kappa shape index (κ2) is 9.19. The molecule has 9 heteroatoms. The maximum absolute atomic E-state index is 11.8. The Morgan fingerprint density at radius 2 is 2.17 bits per heavy atom. The van der Waals surface area contributed by atoms with Crippen molar-refractivity contribution in [3.63, 3.8) is 0 Å². The van der Waals surface area contributed by atoms with Crippen molar-refractivity contribution in [3.8, 4) is 5.88 Å². The third-order valence-corrected chi connectivity index (χ3v) is 3.85. The number of rotatable bonds is 9. The van der Waals surface area contributed by atoms with Crippen LogP contribution in [0.2, 0.25) is 0 Å². The second-order valence-electron chi connectivity index (χ2n) is 4.92. The largest absolute Gasteiger partial charge is 0.494 e. The first kappa shape index (κ1) is 19.0. The van der Waals surface area contributed by atoms with Gasteiger partial charge in [0.2, 0.25) is 5.88 Å². The molecule has 1 rings (SSSR count). The minimum atomic E-state index is -1.11. The SMILES string of the molecule is CCCCn1c(O)c(C=N[C@@H](CCSC)C(=O)O)c(=O)[nH]c1=O. The number of thioether (sulfide) groups is 1. The molecule has 0 saturated heterocycles. The van der Waals surface area contributed by atoms with Gasteiger partial charge in [-0.15, -0.1) is 0 Å².